The van der Waals surface area contributed by atoms with Crippen LogP contribution in [-0.2, 0) is 16.1 Å². The zero-order valence-corrected chi connectivity index (χ0v) is 20.5. The summed E-state index contributed by atoms with van der Waals surface area (Å²) in [6.07, 6.45) is 0.806. The molecular formula is C26H36N2O5. The largest absolute Gasteiger partial charge is 0.497 e. The number of benzene rings is 2. The number of carbonyl (C=O) groups excluding carboxylic acids is 2. The van der Waals surface area contributed by atoms with Gasteiger partial charge in [0.15, 0.2) is 0 Å². The third-order valence-corrected chi connectivity index (χ3v) is 5.02. The SMILES string of the molecule is COc1ccc(OCCCC(=O)N(Cc2cccc(OC)c2)[C@H](C)C(=O)NC(C)(C)C)cc1. The van der Waals surface area contributed by atoms with Crippen molar-refractivity contribution < 1.29 is 23.8 Å². The molecule has 2 aromatic carbocycles. The standard InChI is InChI=1S/C26H36N2O5/c1-19(25(30)27-26(2,3)4)28(18-20-9-7-10-23(17-20)32-6)24(29)11-8-16-33-22-14-12-21(31-5)13-15-22/h7,9-10,12-15,17,19H,8,11,16,18H2,1-6H3,(H,27,30)/t19-/m1/s1. The number of nitrogens with one attached hydrogen (secondary N) is 1. The maximum atomic E-state index is 13.2. The van der Waals surface area contributed by atoms with Crippen LogP contribution in [0.2, 0.25) is 0 Å². The van der Waals surface area contributed by atoms with Gasteiger partial charge in [-0.3, -0.25) is 9.59 Å². The van der Waals surface area contributed by atoms with E-state index in [2.05, 4.69) is 5.32 Å². The Balaban J connectivity index is 2.03. The lowest BCUT2D eigenvalue weighted by molar-refractivity contribution is -0.141. The van der Waals surface area contributed by atoms with Crippen LogP contribution in [0.3, 0.4) is 0 Å². The molecule has 0 saturated carbocycles. The summed E-state index contributed by atoms with van der Waals surface area (Å²) in [5, 5.41) is 2.97. The van der Waals surface area contributed by atoms with Gasteiger partial charge in [-0.1, -0.05) is 12.1 Å². The van der Waals surface area contributed by atoms with Crippen molar-refractivity contribution in [3.8, 4) is 17.2 Å². The topological polar surface area (TPSA) is 77.1 Å². The van der Waals surface area contributed by atoms with Gasteiger partial charge < -0.3 is 24.4 Å². The molecule has 2 amide bonds. The predicted octanol–water partition coefficient (Wildman–Crippen LogP) is 4.19. The van der Waals surface area contributed by atoms with Gasteiger partial charge in [-0.15, -0.1) is 0 Å². The van der Waals surface area contributed by atoms with Crippen LogP contribution >= 0.6 is 0 Å². The molecule has 1 N–H and O–H groups in total. The Kier molecular flexibility index (Phi) is 9.57. The van der Waals surface area contributed by atoms with Crippen molar-refractivity contribution in [1.82, 2.24) is 10.2 Å². The molecule has 7 heteroatoms. The molecule has 0 bridgehead atoms. The van der Waals surface area contributed by atoms with E-state index in [9.17, 15) is 9.59 Å². The van der Waals surface area contributed by atoms with Crippen LogP contribution < -0.4 is 19.5 Å². The van der Waals surface area contributed by atoms with Crippen molar-refractivity contribution in [3.63, 3.8) is 0 Å². The molecule has 180 valence electrons. The van der Waals surface area contributed by atoms with Gasteiger partial charge in [0.05, 0.1) is 20.8 Å². The molecule has 7 nitrogen and oxygen atoms in total. The van der Waals surface area contributed by atoms with E-state index in [1.165, 1.54) is 0 Å². The molecule has 0 unspecified atom stereocenters. The van der Waals surface area contributed by atoms with Crippen molar-refractivity contribution in [2.75, 3.05) is 20.8 Å². The highest BCUT2D eigenvalue weighted by Crippen LogP contribution is 2.19. The Morgan fingerprint density at radius 1 is 0.970 bits per heavy atom. The molecule has 0 radical (unpaired) electrons. The minimum Gasteiger partial charge on any atom is -0.497 e. The zero-order valence-electron chi connectivity index (χ0n) is 20.5. The van der Waals surface area contributed by atoms with Crippen LogP contribution in [0, 0.1) is 0 Å². The molecule has 2 aromatic rings. The van der Waals surface area contributed by atoms with Gasteiger partial charge in [-0.25, -0.2) is 0 Å². The van der Waals surface area contributed by atoms with Gasteiger partial charge in [0.25, 0.3) is 0 Å². The molecule has 0 aliphatic carbocycles. The molecule has 0 fully saturated rings. The highest BCUT2D eigenvalue weighted by Gasteiger charge is 2.28. The lowest BCUT2D eigenvalue weighted by Gasteiger charge is -2.31. The summed E-state index contributed by atoms with van der Waals surface area (Å²) in [4.78, 5) is 27.6. The Morgan fingerprint density at radius 3 is 2.21 bits per heavy atom. The van der Waals surface area contributed by atoms with E-state index in [1.54, 1.807) is 26.0 Å². The lowest BCUT2D eigenvalue weighted by Crippen LogP contribution is -2.52. The Morgan fingerprint density at radius 2 is 1.61 bits per heavy atom. The Labute approximate surface area is 197 Å². The van der Waals surface area contributed by atoms with E-state index >= 15 is 0 Å². The van der Waals surface area contributed by atoms with Gasteiger partial charge in [0, 0.05) is 18.5 Å². The first-order valence-corrected chi connectivity index (χ1v) is 11.1. The van der Waals surface area contributed by atoms with Crippen LogP contribution in [-0.4, -0.2) is 49.1 Å². The second-order valence-corrected chi connectivity index (χ2v) is 8.92. The molecule has 0 aromatic heterocycles. The number of nitrogens with zero attached hydrogens (tertiary/aromatic N) is 1. The van der Waals surface area contributed by atoms with Gasteiger partial charge >= 0.3 is 0 Å². The van der Waals surface area contributed by atoms with E-state index in [0.717, 1.165) is 17.1 Å². The van der Waals surface area contributed by atoms with Crippen LogP contribution in [0.25, 0.3) is 0 Å². The van der Waals surface area contributed by atoms with E-state index < -0.39 is 6.04 Å². The van der Waals surface area contributed by atoms with E-state index in [0.29, 0.717) is 25.3 Å². The van der Waals surface area contributed by atoms with Gasteiger partial charge in [0.2, 0.25) is 11.8 Å². The summed E-state index contributed by atoms with van der Waals surface area (Å²) in [6, 6.07) is 14.2. The van der Waals surface area contributed by atoms with Gasteiger partial charge in [-0.05, 0) is 76.1 Å². The number of rotatable bonds is 11. The normalized spacial score (nSPS) is 11.9. The first-order valence-electron chi connectivity index (χ1n) is 11.1. The first-order chi connectivity index (χ1) is 15.6. The quantitative estimate of drug-likeness (QED) is 0.513. The number of hydrogen-bond acceptors (Lipinski definition) is 5. The summed E-state index contributed by atoms with van der Waals surface area (Å²) in [5.41, 5.74) is 0.509. The number of amides is 2. The third-order valence-electron chi connectivity index (χ3n) is 5.02. The molecule has 0 aliphatic rings. The van der Waals surface area contributed by atoms with Crippen molar-refractivity contribution in [2.45, 2.75) is 58.7 Å². The summed E-state index contributed by atoms with van der Waals surface area (Å²) >= 11 is 0. The average Bonchev–Trinajstić information content (AvgIpc) is 2.79. The molecular weight excluding hydrogens is 420 g/mol. The van der Waals surface area contributed by atoms with Gasteiger partial charge in [-0.2, -0.15) is 0 Å². The van der Waals surface area contributed by atoms with Crippen molar-refractivity contribution >= 4 is 11.8 Å². The smallest absolute Gasteiger partial charge is 0.242 e. The first kappa shape index (κ1) is 26.0. The third kappa shape index (κ3) is 8.67. The maximum Gasteiger partial charge on any atom is 0.242 e. The summed E-state index contributed by atoms with van der Waals surface area (Å²) in [7, 11) is 3.21. The Bertz CT molecular complexity index is 906. The fourth-order valence-corrected chi connectivity index (χ4v) is 3.25. The van der Waals surface area contributed by atoms with Crippen LogP contribution in [0.15, 0.2) is 48.5 Å². The number of hydrogen-bond donors (Lipinski definition) is 1. The van der Waals surface area contributed by atoms with E-state index in [-0.39, 0.29) is 23.8 Å². The number of methoxy groups -OCH3 is 2. The molecule has 1 atom stereocenters. The monoisotopic (exact) mass is 456 g/mol. The molecule has 0 heterocycles. The maximum absolute atomic E-state index is 13.2. The summed E-state index contributed by atoms with van der Waals surface area (Å²) in [5.74, 6) is 1.89. The summed E-state index contributed by atoms with van der Waals surface area (Å²) < 4.78 is 16.2. The summed E-state index contributed by atoms with van der Waals surface area (Å²) in [6.45, 7) is 8.22. The lowest BCUT2D eigenvalue weighted by atomic mass is 10.1. The van der Waals surface area contributed by atoms with E-state index in [4.69, 9.17) is 14.2 Å². The number of ether oxygens (including phenoxy) is 3. The van der Waals surface area contributed by atoms with Crippen molar-refractivity contribution in [1.29, 1.82) is 0 Å². The fourth-order valence-electron chi connectivity index (χ4n) is 3.25. The van der Waals surface area contributed by atoms with Gasteiger partial charge in [0.1, 0.15) is 23.3 Å². The minimum absolute atomic E-state index is 0.104. The number of carbonyl (C=O) groups is 2. The zero-order chi connectivity index (χ0) is 24.4. The molecule has 0 saturated heterocycles. The molecule has 2 rings (SSSR count). The van der Waals surface area contributed by atoms with Crippen LogP contribution in [0.1, 0.15) is 46.1 Å². The fraction of sp³-hybridized carbons (Fsp3) is 0.462. The highest BCUT2D eigenvalue weighted by atomic mass is 16.5. The minimum atomic E-state index is -0.620. The van der Waals surface area contributed by atoms with E-state index in [1.807, 2.05) is 69.3 Å². The van der Waals surface area contributed by atoms with Crippen LogP contribution in [0.5, 0.6) is 17.2 Å². The second kappa shape index (κ2) is 12.1. The average molecular weight is 457 g/mol. The molecule has 33 heavy (non-hydrogen) atoms. The molecule has 0 spiro atoms. The Hall–Kier alpha value is -3.22. The second-order valence-electron chi connectivity index (χ2n) is 8.92. The highest BCUT2D eigenvalue weighted by molar-refractivity contribution is 5.87. The van der Waals surface area contributed by atoms with Crippen molar-refractivity contribution in [2.24, 2.45) is 0 Å². The predicted molar refractivity (Wildman–Crippen MR) is 129 cm³/mol. The van der Waals surface area contributed by atoms with Crippen LogP contribution in [0.4, 0.5) is 0 Å². The van der Waals surface area contributed by atoms with Crippen molar-refractivity contribution in [3.05, 3.63) is 54.1 Å². The molecule has 0 aliphatic heterocycles.